The summed E-state index contributed by atoms with van der Waals surface area (Å²) in [6.07, 6.45) is 3.27. The second kappa shape index (κ2) is 5.33. The van der Waals surface area contributed by atoms with E-state index in [-0.39, 0.29) is 6.04 Å². The molecule has 0 aliphatic carbocycles. The van der Waals surface area contributed by atoms with Gasteiger partial charge in [-0.3, -0.25) is 0 Å². The highest BCUT2D eigenvalue weighted by molar-refractivity contribution is 9.10. The molecule has 1 atom stereocenters. The van der Waals surface area contributed by atoms with Crippen LogP contribution in [0, 0.1) is 0 Å². The Balaban J connectivity index is 2.43. The first-order chi connectivity index (χ1) is 8.24. The number of aryl methyl sites for hydroxylation is 1. The summed E-state index contributed by atoms with van der Waals surface area (Å²) in [4.78, 5) is 8.20. The van der Waals surface area contributed by atoms with Crippen LogP contribution in [-0.2, 0) is 7.05 Å². The van der Waals surface area contributed by atoms with Crippen LogP contribution in [0.1, 0.15) is 24.4 Å². The molecular formula is C10H13BrN6. The molecule has 1 unspecified atom stereocenters. The van der Waals surface area contributed by atoms with E-state index in [0.29, 0.717) is 0 Å². The predicted molar refractivity (Wildman–Crippen MR) is 66.3 cm³/mol. The average Bonchev–Trinajstić information content (AvgIpc) is 2.68. The monoisotopic (exact) mass is 296 g/mol. The maximum Gasteiger partial charge on any atom is 0.153 e. The molecule has 6 nitrogen and oxygen atoms in total. The Morgan fingerprint density at radius 1 is 1.53 bits per heavy atom. The van der Waals surface area contributed by atoms with Crippen molar-refractivity contribution in [2.24, 2.45) is 7.05 Å². The highest BCUT2D eigenvalue weighted by atomic mass is 79.9. The zero-order valence-corrected chi connectivity index (χ0v) is 11.2. The van der Waals surface area contributed by atoms with Crippen LogP contribution in [-0.4, -0.2) is 31.5 Å². The Morgan fingerprint density at radius 3 is 2.88 bits per heavy atom. The minimum absolute atomic E-state index is 0.0441. The first kappa shape index (κ1) is 12.1. The summed E-state index contributed by atoms with van der Waals surface area (Å²) in [5, 5.41) is 11.3. The predicted octanol–water partition coefficient (Wildman–Crippen LogP) is 1.07. The lowest BCUT2D eigenvalue weighted by Crippen LogP contribution is -2.25. The molecule has 7 heteroatoms. The molecule has 2 aromatic heterocycles. The molecular weight excluding hydrogens is 284 g/mol. The molecule has 0 saturated carbocycles. The third-order valence-electron chi connectivity index (χ3n) is 2.41. The molecule has 2 rings (SSSR count). The van der Waals surface area contributed by atoms with Gasteiger partial charge in [0.1, 0.15) is 6.33 Å². The first-order valence-corrected chi connectivity index (χ1v) is 6.07. The Kier molecular flexibility index (Phi) is 3.80. The van der Waals surface area contributed by atoms with Crippen molar-refractivity contribution in [2.45, 2.75) is 13.0 Å². The van der Waals surface area contributed by atoms with E-state index in [4.69, 9.17) is 0 Å². The standard InChI is InChI=1S/C10H13BrN6/c1-3-13-8(7-4-5-12-6-14-7)9-10(11)15-16-17(9)2/h4-6,8,13H,3H2,1-2H3. The van der Waals surface area contributed by atoms with Crippen LogP contribution in [0.2, 0.25) is 0 Å². The van der Waals surface area contributed by atoms with Gasteiger partial charge in [0, 0.05) is 13.2 Å². The average molecular weight is 297 g/mol. The molecule has 0 radical (unpaired) electrons. The molecule has 0 spiro atoms. The molecule has 0 fully saturated rings. The number of hydrogen-bond acceptors (Lipinski definition) is 5. The summed E-state index contributed by atoms with van der Waals surface area (Å²) in [6.45, 7) is 2.87. The van der Waals surface area contributed by atoms with Crippen LogP contribution in [0.15, 0.2) is 23.2 Å². The molecule has 2 aromatic rings. The minimum Gasteiger partial charge on any atom is -0.304 e. The molecule has 0 saturated heterocycles. The quantitative estimate of drug-likeness (QED) is 0.914. The number of hydrogen-bond donors (Lipinski definition) is 1. The van der Waals surface area contributed by atoms with Gasteiger partial charge in [-0.2, -0.15) is 0 Å². The van der Waals surface area contributed by atoms with Crippen molar-refractivity contribution in [1.29, 1.82) is 0 Å². The SMILES string of the molecule is CCNC(c1ccncn1)c1c(Br)nnn1C. The molecule has 0 bridgehead atoms. The van der Waals surface area contributed by atoms with E-state index in [1.807, 2.05) is 20.0 Å². The second-order valence-electron chi connectivity index (χ2n) is 3.51. The Hall–Kier alpha value is -1.34. The van der Waals surface area contributed by atoms with Crippen LogP contribution in [0.4, 0.5) is 0 Å². The highest BCUT2D eigenvalue weighted by Crippen LogP contribution is 2.24. The fraction of sp³-hybridized carbons (Fsp3) is 0.400. The third kappa shape index (κ3) is 2.50. The van der Waals surface area contributed by atoms with Gasteiger partial charge in [0.05, 0.1) is 17.4 Å². The summed E-state index contributed by atoms with van der Waals surface area (Å²) in [7, 11) is 1.86. The van der Waals surface area contributed by atoms with Crippen LogP contribution in [0.3, 0.4) is 0 Å². The summed E-state index contributed by atoms with van der Waals surface area (Å²) < 4.78 is 2.46. The fourth-order valence-corrected chi connectivity index (χ4v) is 2.22. The Morgan fingerprint density at radius 2 is 2.35 bits per heavy atom. The van der Waals surface area contributed by atoms with Gasteiger partial charge in [0.15, 0.2) is 4.60 Å². The lowest BCUT2D eigenvalue weighted by atomic mass is 10.1. The molecule has 90 valence electrons. The van der Waals surface area contributed by atoms with Gasteiger partial charge in [0.2, 0.25) is 0 Å². The van der Waals surface area contributed by atoms with E-state index in [2.05, 4.69) is 41.5 Å². The van der Waals surface area contributed by atoms with Crippen molar-refractivity contribution in [1.82, 2.24) is 30.3 Å². The summed E-state index contributed by atoms with van der Waals surface area (Å²) >= 11 is 3.41. The first-order valence-electron chi connectivity index (χ1n) is 5.28. The van der Waals surface area contributed by atoms with Gasteiger partial charge in [-0.1, -0.05) is 12.1 Å². The molecule has 17 heavy (non-hydrogen) atoms. The summed E-state index contributed by atoms with van der Waals surface area (Å²) in [5.74, 6) is 0. The van der Waals surface area contributed by atoms with Gasteiger partial charge in [0.25, 0.3) is 0 Å². The van der Waals surface area contributed by atoms with Crippen molar-refractivity contribution in [3.05, 3.63) is 34.6 Å². The topological polar surface area (TPSA) is 68.5 Å². The van der Waals surface area contributed by atoms with Crippen LogP contribution in [0.5, 0.6) is 0 Å². The van der Waals surface area contributed by atoms with E-state index < -0.39 is 0 Å². The molecule has 0 aliphatic rings. The number of rotatable bonds is 4. The Bertz CT molecular complexity index is 463. The van der Waals surface area contributed by atoms with Crippen molar-refractivity contribution >= 4 is 15.9 Å². The maximum absolute atomic E-state index is 4.27. The number of aromatic nitrogens is 5. The van der Waals surface area contributed by atoms with E-state index in [1.54, 1.807) is 10.9 Å². The summed E-state index contributed by atoms with van der Waals surface area (Å²) in [5.41, 5.74) is 1.85. The lowest BCUT2D eigenvalue weighted by molar-refractivity contribution is 0.556. The van der Waals surface area contributed by atoms with Gasteiger partial charge in [-0.15, -0.1) is 5.10 Å². The number of halogens is 1. The fourth-order valence-electron chi connectivity index (χ4n) is 1.66. The molecule has 2 heterocycles. The second-order valence-corrected chi connectivity index (χ2v) is 4.27. The third-order valence-corrected chi connectivity index (χ3v) is 2.97. The molecule has 0 aliphatic heterocycles. The lowest BCUT2D eigenvalue weighted by Gasteiger charge is -2.17. The van der Waals surface area contributed by atoms with E-state index in [0.717, 1.165) is 22.5 Å². The smallest absolute Gasteiger partial charge is 0.153 e. The number of nitrogens with one attached hydrogen (secondary N) is 1. The molecule has 0 aromatic carbocycles. The van der Waals surface area contributed by atoms with Crippen LogP contribution < -0.4 is 5.32 Å². The van der Waals surface area contributed by atoms with E-state index in [1.165, 1.54) is 6.33 Å². The van der Waals surface area contributed by atoms with Crippen LogP contribution >= 0.6 is 15.9 Å². The highest BCUT2D eigenvalue weighted by Gasteiger charge is 2.21. The molecule has 0 amide bonds. The molecule has 1 N–H and O–H groups in total. The van der Waals surface area contributed by atoms with E-state index in [9.17, 15) is 0 Å². The zero-order chi connectivity index (χ0) is 12.3. The summed E-state index contributed by atoms with van der Waals surface area (Å²) in [6, 6.07) is 1.84. The Labute approximate surface area is 108 Å². The minimum atomic E-state index is -0.0441. The zero-order valence-electron chi connectivity index (χ0n) is 9.63. The van der Waals surface area contributed by atoms with Crippen molar-refractivity contribution in [3.8, 4) is 0 Å². The van der Waals surface area contributed by atoms with Gasteiger partial charge in [-0.25, -0.2) is 14.6 Å². The maximum atomic E-state index is 4.27. The van der Waals surface area contributed by atoms with Gasteiger partial charge >= 0.3 is 0 Å². The van der Waals surface area contributed by atoms with Gasteiger partial charge in [-0.05, 0) is 28.5 Å². The van der Waals surface area contributed by atoms with E-state index >= 15 is 0 Å². The number of nitrogens with zero attached hydrogens (tertiary/aromatic N) is 5. The largest absolute Gasteiger partial charge is 0.304 e. The normalized spacial score (nSPS) is 12.6. The van der Waals surface area contributed by atoms with Crippen LogP contribution in [0.25, 0.3) is 0 Å². The van der Waals surface area contributed by atoms with Crippen molar-refractivity contribution < 1.29 is 0 Å². The van der Waals surface area contributed by atoms with Gasteiger partial charge < -0.3 is 5.32 Å². The van der Waals surface area contributed by atoms with Crippen molar-refractivity contribution in [2.75, 3.05) is 6.54 Å². The van der Waals surface area contributed by atoms with Crippen molar-refractivity contribution in [3.63, 3.8) is 0 Å².